The van der Waals surface area contributed by atoms with E-state index in [1.807, 2.05) is 6.07 Å². The molecule has 2 heterocycles. The molecule has 138 valence electrons. The number of nitrogens with one attached hydrogen (secondary N) is 1. The van der Waals surface area contributed by atoms with E-state index < -0.39 is 0 Å². The molecule has 2 unspecified atom stereocenters. The molecular weight excluding hydrogens is 314 g/mol. The van der Waals surface area contributed by atoms with Gasteiger partial charge in [0.1, 0.15) is 0 Å². The van der Waals surface area contributed by atoms with Crippen LogP contribution in [0.3, 0.4) is 0 Å². The number of hydrogen-bond donors (Lipinski definition) is 1. The molecule has 0 spiro atoms. The van der Waals surface area contributed by atoms with Gasteiger partial charge in [-0.05, 0) is 31.2 Å². The van der Waals surface area contributed by atoms with Crippen LogP contribution in [-0.4, -0.2) is 44.5 Å². The van der Waals surface area contributed by atoms with Crippen molar-refractivity contribution in [1.82, 2.24) is 10.3 Å². The van der Waals surface area contributed by atoms with Gasteiger partial charge < -0.3 is 19.8 Å². The average molecular weight is 345 g/mol. The van der Waals surface area contributed by atoms with E-state index in [1.165, 1.54) is 30.5 Å². The van der Waals surface area contributed by atoms with Crippen molar-refractivity contribution < 1.29 is 9.47 Å². The Morgan fingerprint density at radius 1 is 1.24 bits per heavy atom. The topological polar surface area (TPSA) is 46.1 Å². The van der Waals surface area contributed by atoms with Crippen molar-refractivity contribution in [3.05, 3.63) is 23.8 Å². The molecular formula is C20H31N3O2. The fraction of sp³-hybridized carbons (Fsp3) is 0.650. The molecule has 2 aliphatic heterocycles. The number of methoxy groups -OCH3 is 1. The molecule has 0 bridgehead atoms. The first-order valence-corrected chi connectivity index (χ1v) is 9.54. The van der Waals surface area contributed by atoms with Crippen LogP contribution in [0.1, 0.15) is 50.6 Å². The van der Waals surface area contributed by atoms with Gasteiger partial charge in [-0.3, -0.25) is 0 Å². The van der Waals surface area contributed by atoms with Gasteiger partial charge in [0.05, 0.1) is 19.8 Å². The lowest BCUT2D eigenvalue weighted by atomic mass is 9.86. The SMILES string of the molecule is CCCCCCOc1ccc(C2NN=C3CCN(C)CC32)cc1OC. The van der Waals surface area contributed by atoms with Gasteiger partial charge >= 0.3 is 0 Å². The summed E-state index contributed by atoms with van der Waals surface area (Å²) in [5.74, 6) is 2.10. The van der Waals surface area contributed by atoms with Crippen molar-refractivity contribution in [1.29, 1.82) is 0 Å². The molecule has 1 fully saturated rings. The number of rotatable bonds is 8. The zero-order valence-corrected chi connectivity index (χ0v) is 15.8. The summed E-state index contributed by atoms with van der Waals surface area (Å²) in [6, 6.07) is 6.52. The van der Waals surface area contributed by atoms with Gasteiger partial charge in [-0.2, -0.15) is 5.10 Å². The first kappa shape index (κ1) is 18.1. The summed E-state index contributed by atoms with van der Waals surface area (Å²) in [6.07, 6.45) is 5.88. The summed E-state index contributed by atoms with van der Waals surface area (Å²) >= 11 is 0. The molecule has 25 heavy (non-hydrogen) atoms. The van der Waals surface area contributed by atoms with E-state index >= 15 is 0 Å². The summed E-state index contributed by atoms with van der Waals surface area (Å²) in [4.78, 5) is 2.38. The Kier molecular flexibility index (Phi) is 6.19. The maximum Gasteiger partial charge on any atom is 0.161 e. The molecule has 3 rings (SSSR count). The molecule has 1 saturated heterocycles. The molecule has 0 amide bonds. The number of likely N-dealkylation sites (tertiary alicyclic amines) is 1. The number of hydrogen-bond acceptors (Lipinski definition) is 5. The quantitative estimate of drug-likeness (QED) is 0.731. The Morgan fingerprint density at radius 2 is 2.12 bits per heavy atom. The molecule has 0 radical (unpaired) electrons. The van der Waals surface area contributed by atoms with E-state index in [1.54, 1.807) is 7.11 Å². The van der Waals surface area contributed by atoms with Gasteiger partial charge in [-0.15, -0.1) is 0 Å². The molecule has 0 aliphatic carbocycles. The highest BCUT2D eigenvalue weighted by molar-refractivity contribution is 5.89. The Balaban J connectivity index is 1.65. The Hall–Kier alpha value is -1.75. The molecule has 2 aliphatic rings. The summed E-state index contributed by atoms with van der Waals surface area (Å²) in [5, 5.41) is 4.57. The second kappa shape index (κ2) is 8.56. The van der Waals surface area contributed by atoms with E-state index in [2.05, 4.69) is 41.5 Å². The minimum atomic E-state index is 0.227. The van der Waals surface area contributed by atoms with Crippen molar-refractivity contribution in [2.75, 3.05) is 33.9 Å². The van der Waals surface area contributed by atoms with Crippen LogP contribution in [0.25, 0.3) is 0 Å². The van der Waals surface area contributed by atoms with Crippen molar-refractivity contribution in [3.63, 3.8) is 0 Å². The van der Waals surface area contributed by atoms with Crippen LogP contribution >= 0.6 is 0 Å². The smallest absolute Gasteiger partial charge is 0.161 e. The van der Waals surface area contributed by atoms with Crippen molar-refractivity contribution in [2.45, 2.75) is 45.1 Å². The van der Waals surface area contributed by atoms with Gasteiger partial charge in [0.15, 0.2) is 11.5 Å². The number of fused-ring (bicyclic) bond motifs is 1. The van der Waals surface area contributed by atoms with Gasteiger partial charge in [0.2, 0.25) is 0 Å². The van der Waals surface area contributed by atoms with Crippen LogP contribution in [0.2, 0.25) is 0 Å². The molecule has 1 N–H and O–H groups in total. The molecule has 0 saturated carbocycles. The highest BCUT2D eigenvalue weighted by atomic mass is 16.5. The van der Waals surface area contributed by atoms with E-state index in [9.17, 15) is 0 Å². The molecule has 0 aromatic heterocycles. The van der Waals surface area contributed by atoms with Gasteiger partial charge in [0.25, 0.3) is 0 Å². The Bertz CT molecular complexity index is 603. The fourth-order valence-electron chi connectivity index (χ4n) is 3.72. The second-order valence-electron chi connectivity index (χ2n) is 7.15. The monoisotopic (exact) mass is 345 g/mol. The molecule has 5 nitrogen and oxygen atoms in total. The minimum absolute atomic E-state index is 0.227. The maximum atomic E-state index is 5.93. The van der Waals surface area contributed by atoms with Crippen LogP contribution in [0.4, 0.5) is 0 Å². The standard InChI is InChI=1S/C20H31N3O2/c1-4-5-6-7-12-25-18-9-8-15(13-19(18)24-3)20-16-14-23(2)11-10-17(16)21-22-20/h8-9,13,16,20,22H,4-7,10-12,14H2,1-3H3. The molecule has 1 aromatic carbocycles. The van der Waals surface area contributed by atoms with E-state index in [4.69, 9.17) is 9.47 Å². The first-order valence-electron chi connectivity index (χ1n) is 9.54. The number of hydrazone groups is 1. The van der Waals surface area contributed by atoms with Crippen LogP contribution in [-0.2, 0) is 0 Å². The Labute approximate surface area is 151 Å². The third kappa shape index (κ3) is 4.27. The van der Waals surface area contributed by atoms with Crippen LogP contribution in [0.5, 0.6) is 11.5 Å². The molecule has 2 atom stereocenters. The zero-order valence-electron chi connectivity index (χ0n) is 15.8. The van der Waals surface area contributed by atoms with E-state index in [0.29, 0.717) is 5.92 Å². The van der Waals surface area contributed by atoms with Gasteiger partial charge in [0, 0.05) is 31.1 Å². The van der Waals surface area contributed by atoms with Crippen LogP contribution in [0, 0.1) is 5.92 Å². The third-order valence-corrected chi connectivity index (χ3v) is 5.24. The number of piperidine rings is 1. The van der Waals surface area contributed by atoms with Gasteiger partial charge in [-0.1, -0.05) is 32.3 Å². The lowest BCUT2D eigenvalue weighted by Gasteiger charge is -2.31. The summed E-state index contributed by atoms with van der Waals surface area (Å²) < 4.78 is 11.5. The van der Waals surface area contributed by atoms with Crippen molar-refractivity contribution in [3.8, 4) is 11.5 Å². The second-order valence-corrected chi connectivity index (χ2v) is 7.15. The highest BCUT2D eigenvalue weighted by Crippen LogP contribution is 2.36. The number of nitrogens with zero attached hydrogens (tertiary/aromatic N) is 2. The molecule has 1 aromatic rings. The summed E-state index contributed by atoms with van der Waals surface area (Å²) in [7, 11) is 3.89. The predicted octanol–water partition coefficient (Wildman–Crippen LogP) is 3.61. The first-order chi connectivity index (χ1) is 12.2. The zero-order chi connectivity index (χ0) is 17.6. The Morgan fingerprint density at radius 3 is 2.92 bits per heavy atom. The van der Waals surface area contributed by atoms with E-state index in [0.717, 1.165) is 44.0 Å². The number of benzene rings is 1. The van der Waals surface area contributed by atoms with E-state index in [-0.39, 0.29) is 6.04 Å². The maximum absolute atomic E-state index is 5.93. The summed E-state index contributed by atoms with van der Waals surface area (Å²) in [6.45, 7) is 5.11. The minimum Gasteiger partial charge on any atom is -0.493 e. The van der Waals surface area contributed by atoms with Crippen LogP contribution < -0.4 is 14.9 Å². The fourth-order valence-corrected chi connectivity index (χ4v) is 3.72. The molecule has 5 heteroatoms. The van der Waals surface area contributed by atoms with Crippen molar-refractivity contribution in [2.24, 2.45) is 11.0 Å². The van der Waals surface area contributed by atoms with Crippen molar-refractivity contribution >= 4 is 5.71 Å². The largest absolute Gasteiger partial charge is 0.493 e. The van der Waals surface area contributed by atoms with Gasteiger partial charge in [-0.25, -0.2) is 0 Å². The predicted molar refractivity (Wildman–Crippen MR) is 102 cm³/mol. The number of unbranched alkanes of at least 4 members (excludes halogenated alkanes) is 3. The lowest BCUT2D eigenvalue weighted by molar-refractivity contribution is 0.271. The third-order valence-electron chi connectivity index (χ3n) is 5.24. The number of ether oxygens (including phenoxy) is 2. The average Bonchev–Trinajstić information content (AvgIpc) is 3.04. The highest BCUT2D eigenvalue weighted by Gasteiger charge is 2.36. The lowest BCUT2D eigenvalue weighted by Crippen LogP contribution is -2.39. The normalized spacial score (nSPS) is 22.9. The van der Waals surface area contributed by atoms with Crippen LogP contribution in [0.15, 0.2) is 23.3 Å². The summed E-state index contributed by atoms with van der Waals surface area (Å²) in [5.41, 5.74) is 5.86.